The van der Waals surface area contributed by atoms with Gasteiger partial charge in [0.2, 0.25) is 5.91 Å². The molecule has 2 aromatic carbocycles. The highest BCUT2D eigenvalue weighted by Crippen LogP contribution is 2.37. The molecular formula is C32H38F4N4O3S. The van der Waals surface area contributed by atoms with Gasteiger partial charge in [-0.05, 0) is 97.2 Å². The number of rotatable bonds is 11. The molecule has 2 unspecified atom stereocenters. The molecule has 238 valence electrons. The summed E-state index contributed by atoms with van der Waals surface area (Å²) in [6.07, 6.45) is -4.49. The molecule has 2 atom stereocenters. The van der Waals surface area contributed by atoms with Gasteiger partial charge >= 0.3 is 12.5 Å². The van der Waals surface area contributed by atoms with Gasteiger partial charge in [0, 0.05) is 25.1 Å². The van der Waals surface area contributed by atoms with Crippen molar-refractivity contribution < 1.29 is 31.9 Å². The number of amidine groups is 1. The average Bonchev–Trinajstić information content (AvgIpc) is 3.28. The lowest BCUT2D eigenvalue weighted by atomic mass is 9.89. The lowest BCUT2D eigenvalue weighted by molar-refractivity contribution is -0.253. The van der Waals surface area contributed by atoms with Crippen LogP contribution in [-0.4, -0.2) is 58.5 Å². The zero-order valence-corrected chi connectivity index (χ0v) is 26.0. The van der Waals surface area contributed by atoms with Gasteiger partial charge in [-0.3, -0.25) is 18.9 Å². The van der Waals surface area contributed by atoms with Crippen LogP contribution >= 0.6 is 10.7 Å². The SMILES string of the molecule is C/C=S(\C=C\c1c(C)cc(C(C)CCC(N)=O)cc1C)N1CCC2(CC1)N=C(c1cccc(OC(F)(F)C(F)F)c1)NC2=O. The molecule has 2 heterocycles. The number of carbonyl (C=O) groups is 2. The van der Waals surface area contributed by atoms with Crippen LogP contribution in [0.3, 0.4) is 0 Å². The third-order valence-corrected chi connectivity index (χ3v) is 9.93. The van der Waals surface area contributed by atoms with Gasteiger partial charge in [-0.1, -0.05) is 41.9 Å². The van der Waals surface area contributed by atoms with Gasteiger partial charge in [-0.25, -0.2) is 0 Å². The van der Waals surface area contributed by atoms with Crippen LogP contribution in [-0.2, 0) is 9.59 Å². The van der Waals surface area contributed by atoms with E-state index in [4.69, 9.17) is 5.73 Å². The van der Waals surface area contributed by atoms with E-state index in [-0.39, 0.29) is 34.2 Å². The average molecular weight is 635 g/mol. The van der Waals surface area contributed by atoms with Crippen LogP contribution in [0, 0.1) is 13.8 Å². The Balaban J connectivity index is 1.44. The van der Waals surface area contributed by atoms with Crippen molar-refractivity contribution in [1.29, 1.82) is 0 Å². The maximum Gasteiger partial charge on any atom is 0.461 e. The molecule has 44 heavy (non-hydrogen) atoms. The quantitative estimate of drug-likeness (QED) is 0.224. The number of primary amides is 1. The first-order chi connectivity index (χ1) is 20.7. The number of nitrogens with two attached hydrogens (primary N) is 1. The van der Waals surface area contributed by atoms with E-state index < -0.39 is 23.8 Å². The van der Waals surface area contributed by atoms with E-state index in [0.717, 1.165) is 28.8 Å². The van der Waals surface area contributed by atoms with E-state index in [1.807, 2.05) is 6.92 Å². The van der Waals surface area contributed by atoms with Crippen molar-refractivity contribution in [2.24, 2.45) is 10.7 Å². The molecule has 2 aromatic rings. The summed E-state index contributed by atoms with van der Waals surface area (Å²) in [6.45, 7) is 9.48. The largest absolute Gasteiger partial charge is 0.461 e. The number of amides is 2. The number of alkyl halides is 4. The maximum atomic E-state index is 13.4. The molecule has 3 N–H and O–H groups in total. The van der Waals surface area contributed by atoms with Crippen LogP contribution in [0.2, 0.25) is 0 Å². The maximum absolute atomic E-state index is 13.4. The number of ether oxygens (including phenoxy) is 1. The van der Waals surface area contributed by atoms with Gasteiger partial charge < -0.3 is 15.8 Å². The van der Waals surface area contributed by atoms with Gasteiger partial charge in [0.1, 0.15) is 17.1 Å². The number of piperidine rings is 1. The topological polar surface area (TPSA) is 97.0 Å². The van der Waals surface area contributed by atoms with Gasteiger partial charge in [0.25, 0.3) is 5.91 Å². The summed E-state index contributed by atoms with van der Waals surface area (Å²) in [5.74, 6) is -0.595. The van der Waals surface area contributed by atoms with Crippen molar-refractivity contribution in [1.82, 2.24) is 9.62 Å². The Hall–Kier alpha value is -3.51. The Morgan fingerprint density at radius 2 is 1.86 bits per heavy atom. The van der Waals surface area contributed by atoms with Crippen molar-refractivity contribution >= 4 is 39.8 Å². The molecule has 0 radical (unpaired) electrons. The van der Waals surface area contributed by atoms with Crippen molar-refractivity contribution in [2.45, 2.75) is 77.4 Å². The highest BCUT2D eigenvalue weighted by Gasteiger charge is 2.47. The predicted octanol–water partition coefficient (Wildman–Crippen LogP) is 6.30. The minimum Gasteiger partial charge on any atom is -0.428 e. The number of hydrogen-bond acceptors (Lipinski definition) is 5. The van der Waals surface area contributed by atoms with E-state index in [1.54, 1.807) is 6.07 Å². The summed E-state index contributed by atoms with van der Waals surface area (Å²) < 4.78 is 58.5. The lowest BCUT2D eigenvalue weighted by Gasteiger charge is -2.36. The van der Waals surface area contributed by atoms with Crippen molar-refractivity contribution in [3.05, 3.63) is 69.6 Å². The van der Waals surface area contributed by atoms with Crippen molar-refractivity contribution in [3.8, 4) is 5.75 Å². The molecule has 12 heteroatoms. The van der Waals surface area contributed by atoms with E-state index in [1.165, 1.54) is 11.6 Å². The second-order valence-corrected chi connectivity index (χ2v) is 13.2. The summed E-state index contributed by atoms with van der Waals surface area (Å²) in [4.78, 5) is 29.0. The Labute approximate surface area is 257 Å². The van der Waals surface area contributed by atoms with Crippen LogP contribution in [0.25, 0.3) is 6.08 Å². The highest BCUT2D eigenvalue weighted by atomic mass is 32.2. The second kappa shape index (κ2) is 13.6. The standard InChI is InChI=1S/C32H38F4N4O3S/c1-5-44(16-11-26-21(3)17-24(18-22(26)4)20(2)9-10-27(37)41)40-14-12-31(13-15-40)30(42)38-28(39-31)23-7-6-8-25(19-23)43-32(35,36)29(33)34/h5-8,11,16-20,29H,9-10,12-15H2,1-4H3,(H2,37,41)(H,38,39,42)/b16-11+. The minimum absolute atomic E-state index is 0.202. The summed E-state index contributed by atoms with van der Waals surface area (Å²) in [5, 5.41) is 7.05. The smallest absolute Gasteiger partial charge is 0.428 e. The first kappa shape index (κ1) is 33.4. The molecule has 1 saturated heterocycles. The van der Waals surface area contributed by atoms with E-state index in [2.05, 4.69) is 69.1 Å². The van der Waals surface area contributed by atoms with Crippen LogP contribution in [0.15, 0.2) is 46.8 Å². The molecule has 0 aliphatic carbocycles. The highest BCUT2D eigenvalue weighted by molar-refractivity contribution is 8.15. The summed E-state index contributed by atoms with van der Waals surface area (Å²) in [5.41, 5.74) is 9.25. The number of halogens is 4. The molecule has 4 rings (SSSR count). The fourth-order valence-corrected chi connectivity index (χ4v) is 7.01. The number of benzene rings is 2. The molecular weight excluding hydrogens is 596 g/mol. The number of nitrogens with one attached hydrogen (secondary N) is 1. The van der Waals surface area contributed by atoms with Gasteiger partial charge in [-0.15, -0.1) is 0 Å². The number of aryl methyl sites for hydroxylation is 2. The number of nitrogens with zero attached hydrogens (tertiary/aromatic N) is 2. The van der Waals surface area contributed by atoms with Gasteiger partial charge in [0.15, 0.2) is 0 Å². The van der Waals surface area contributed by atoms with Crippen LogP contribution in [0.1, 0.15) is 73.3 Å². The van der Waals surface area contributed by atoms with E-state index in [9.17, 15) is 27.2 Å². The van der Waals surface area contributed by atoms with Gasteiger partial charge in [-0.2, -0.15) is 17.6 Å². The zero-order valence-electron chi connectivity index (χ0n) is 25.2. The molecule has 0 saturated carbocycles. The Morgan fingerprint density at radius 3 is 2.45 bits per heavy atom. The van der Waals surface area contributed by atoms with Gasteiger partial charge in [0.05, 0.1) is 0 Å². The summed E-state index contributed by atoms with van der Waals surface area (Å²) >= 11 is 0. The molecule has 7 nitrogen and oxygen atoms in total. The molecule has 0 bridgehead atoms. The molecule has 0 aromatic heterocycles. The van der Waals surface area contributed by atoms with E-state index in [0.29, 0.717) is 44.3 Å². The fourth-order valence-electron chi connectivity index (χ4n) is 5.50. The van der Waals surface area contributed by atoms with Crippen LogP contribution in [0.4, 0.5) is 17.6 Å². The van der Waals surface area contributed by atoms with Crippen molar-refractivity contribution in [3.63, 3.8) is 0 Å². The number of aliphatic imine (C=N–C) groups is 1. The van der Waals surface area contributed by atoms with Crippen molar-refractivity contribution in [2.75, 3.05) is 13.1 Å². The second-order valence-electron chi connectivity index (χ2n) is 11.2. The molecule has 2 aliphatic rings. The normalized spacial score (nSPS) is 18.6. The van der Waals surface area contributed by atoms with Crippen LogP contribution < -0.4 is 15.8 Å². The lowest BCUT2D eigenvalue weighted by Crippen LogP contribution is -2.47. The molecule has 2 aliphatic heterocycles. The first-order valence-corrected chi connectivity index (χ1v) is 15.8. The Bertz CT molecular complexity index is 1480. The Morgan fingerprint density at radius 1 is 1.20 bits per heavy atom. The third-order valence-electron chi connectivity index (χ3n) is 8.07. The first-order valence-electron chi connectivity index (χ1n) is 14.5. The fraction of sp³-hybridized carbons (Fsp3) is 0.438. The molecule has 1 spiro atoms. The van der Waals surface area contributed by atoms with E-state index >= 15 is 0 Å². The monoisotopic (exact) mass is 634 g/mol. The molecule has 2 amide bonds. The summed E-state index contributed by atoms with van der Waals surface area (Å²) in [7, 11) is -0.300. The number of hydrogen-bond donors (Lipinski definition) is 2. The minimum atomic E-state index is -4.64. The zero-order chi connectivity index (χ0) is 32.2. The predicted molar refractivity (Wildman–Crippen MR) is 167 cm³/mol. The Kier molecular flexibility index (Phi) is 10.3. The molecule has 1 fully saturated rings. The number of carbonyl (C=O) groups excluding carboxylic acids is 2. The third kappa shape index (κ3) is 7.58. The summed E-state index contributed by atoms with van der Waals surface area (Å²) in [6, 6.07) is 9.56. The van der Waals surface area contributed by atoms with Crippen LogP contribution in [0.5, 0.6) is 5.75 Å².